The van der Waals surface area contributed by atoms with Gasteiger partial charge in [-0.15, -0.1) is 0 Å². The molecule has 1 aromatic heterocycles. The molecule has 0 amide bonds. The highest BCUT2D eigenvalue weighted by Crippen LogP contribution is 2.26. The van der Waals surface area contributed by atoms with Crippen LogP contribution in [0.3, 0.4) is 0 Å². The van der Waals surface area contributed by atoms with Crippen LogP contribution in [-0.4, -0.2) is 21.1 Å². The van der Waals surface area contributed by atoms with E-state index in [0.717, 1.165) is 29.8 Å². The molecule has 7 heteroatoms. The van der Waals surface area contributed by atoms with Crippen molar-refractivity contribution < 1.29 is 4.74 Å². The second-order valence-corrected chi connectivity index (χ2v) is 7.74. The molecule has 0 aliphatic heterocycles. The van der Waals surface area contributed by atoms with Crippen molar-refractivity contribution in [1.29, 1.82) is 0 Å². The smallest absolute Gasteiger partial charge is 0.216 e. The Bertz CT molecular complexity index is 1220. The highest BCUT2D eigenvalue weighted by molar-refractivity contribution is 7.71. The lowest BCUT2D eigenvalue weighted by molar-refractivity contribution is 0.306. The number of rotatable bonds is 8. The van der Waals surface area contributed by atoms with E-state index < -0.39 is 0 Å². The molecule has 0 bridgehead atoms. The van der Waals surface area contributed by atoms with E-state index in [9.17, 15) is 0 Å². The highest BCUT2D eigenvalue weighted by atomic mass is 35.5. The maximum absolute atomic E-state index is 6.40. The first-order valence-electron chi connectivity index (χ1n) is 9.90. The van der Waals surface area contributed by atoms with Gasteiger partial charge in [0.15, 0.2) is 5.82 Å². The molecule has 31 heavy (non-hydrogen) atoms. The van der Waals surface area contributed by atoms with E-state index in [4.69, 9.17) is 28.6 Å². The topological polar surface area (TPSA) is 55.2 Å². The number of ether oxygens (including phenoxy) is 1. The van der Waals surface area contributed by atoms with E-state index in [2.05, 4.69) is 27.4 Å². The quantitative estimate of drug-likeness (QED) is 0.272. The fraction of sp³-hybridized carbons (Fsp3) is 0.125. The summed E-state index contributed by atoms with van der Waals surface area (Å²) < 4.78 is 7.92. The average Bonchev–Trinajstić information content (AvgIpc) is 3.16. The zero-order valence-corrected chi connectivity index (χ0v) is 18.3. The minimum Gasteiger partial charge on any atom is -0.487 e. The Morgan fingerprint density at radius 3 is 2.39 bits per heavy atom. The molecule has 0 radical (unpaired) electrons. The SMILES string of the molecule is S=c1[nH]nc(CCc2ccccc2)n1/N=C\c1ccc(OCc2ccccc2)c(Cl)c1. The number of nitrogens with zero attached hydrogens (tertiary/aromatic N) is 3. The largest absolute Gasteiger partial charge is 0.487 e. The van der Waals surface area contributed by atoms with Gasteiger partial charge < -0.3 is 4.74 Å². The van der Waals surface area contributed by atoms with Crippen molar-refractivity contribution >= 4 is 30.0 Å². The molecule has 156 valence electrons. The third-order valence-electron chi connectivity index (χ3n) is 4.71. The number of aromatic amines is 1. The highest BCUT2D eigenvalue weighted by Gasteiger charge is 2.07. The van der Waals surface area contributed by atoms with Gasteiger partial charge in [0.25, 0.3) is 0 Å². The van der Waals surface area contributed by atoms with Crippen LogP contribution in [0, 0.1) is 4.77 Å². The Labute approximate surface area is 191 Å². The minimum atomic E-state index is 0.452. The molecule has 4 rings (SSSR count). The Morgan fingerprint density at radius 2 is 1.68 bits per heavy atom. The van der Waals surface area contributed by atoms with E-state index in [1.807, 2.05) is 66.7 Å². The first-order valence-corrected chi connectivity index (χ1v) is 10.7. The molecule has 0 fully saturated rings. The molecular weight excluding hydrogens is 428 g/mol. The van der Waals surface area contributed by atoms with Crippen LogP contribution in [0.4, 0.5) is 0 Å². The van der Waals surface area contributed by atoms with Crippen LogP contribution >= 0.6 is 23.8 Å². The molecule has 0 saturated carbocycles. The van der Waals surface area contributed by atoms with Crippen molar-refractivity contribution in [2.24, 2.45) is 5.10 Å². The van der Waals surface area contributed by atoms with Gasteiger partial charge in [0.2, 0.25) is 4.77 Å². The summed E-state index contributed by atoms with van der Waals surface area (Å²) in [5.41, 5.74) is 3.17. The third kappa shape index (κ3) is 5.69. The Morgan fingerprint density at radius 1 is 0.968 bits per heavy atom. The summed E-state index contributed by atoms with van der Waals surface area (Å²) in [6, 6.07) is 25.8. The predicted molar refractivity (Wildman–Crippen MR) is 126 cm³/mol. The summed E-state index contributed by atoms with van der Waals surface area (Å²) in [5, 5.41) is 12.2. The van der Waals surface area contributed by atoms with Crippen LogP contribution in [0.15, 0.2) is 84.0 Å². The summed E-state index contributed by atoms with van der Waals surface area (Å²) in [7, 11) is 0. The number of nitrogens with one attached hydrogen (secondary N) is 1. The number of halogens is 1. The van der Waals surface area contributed by atoms with Crippen LogP contribution in [-0.2, 0) is 19.4 Å². The van der Waals surface area contributed by atoms with Crippen LogP contribution in [0.5, 0.6) is 5.75 Å². The Balaban J connectivity index is 1.43. The van der Waals surface area contributed by atoms with Crippen molar-refractivity contribution in [1.82, 2.24) is 14.9 Å². The normalized spacial score (nSPS) is 11.1. The molecular formula is C24H21ClN4OS. The monoisotopic (exact) mass is 448 g/mol. The van der Waals surface area contributed by atoms with E-state index in [0.29, 0.717) is 22.2 Å². The summed E-state index contributed by atoms with van der Waals surface area (Å²) in [5.74, 6) is 1.41. The van der Waals surface area contributed by atoms with Gasteiger partial charge in [-0.25, -0.2) is 0 Å². The molecule has 4 aromatic rings. The standard InChI is InChI=1S/C24H21ClN4OS/c25-21-15-20(11-13-22(21)30-17-19-9-5-2-6-10-19)16-26-29-23(27-28-24(29)31)14-12-18-7-3-1-4-8-18/h1-11,13,15-16H,12,14,17H2,(H,28,31)/b26-16-. The average molecular weight is 449 g/mol. The van der Waals surface area contributed by atoms with E-state index in [1.54, 1.807) is 10.9 Å². The second-order valence-electron chi connectivity index (χ2n) is 6.95. The van der Waals surface area contributed by atoms with Gasteiger partial charge in [-0.3, -0.25) is 5.10 Å². The summed E-state index contributed by atoms with van der Waals surface area (Å²) >= 11 is 11.7. The molecule has 1 N–H and O–H groups in total. The maximum Gasteiger partial charge on any atom is 0.216 e. The molecule has 0 unspecified atom stereocenters. The lowest BCUT2D eigenvalue weighted by Crippen LogP contribution is -2.01. The van der Waals surface area contributed by atoms with Gasteiger partial charge >= 0.3 is 0 Å². The van der Waals surface area contributed by atoms with Gasteiger partial charge in [-0.1, -0.05) is 72.3 Å². The lowest BCUT2D eigenvalue weighted by atomic mass is 10.1. The molecule has 1 heterocycles. The lowest BCUT2D eigenvalue weighted by Gasteiger charge is -2.08. The zero-order chi connectivity index (χ0) is 21.5. The Hall–Kier alpha value is -3.22. The summed E-state index contributed by atoms with van der Waals surface area (Å²) in [4.78, 5) is 0. The minimum absolute atomic E-state index is 0.452. The number of benzene rings is 3. The third-order valence-corrected chi connectivity index (χ3v) is 5.27. The first-order chi connectivity index (χ1) is 15.2. The number of H-pyrrole nitrogens is 1. The van der Waals surface area contributed by atoms with E-state index in [1.165, 1.54) is 5.56 Å². The van der Waals surface area contributed by atoms with Gasteiger partial charge in [0.1, 0.15) is 12.4 Å². The number of hydrogen-bond acceptors (Lipinski definition) is 4. The Kier molecular flexibility index (Phi) is 6.92. The molecule has 0 spiro atoms. The summed E-state index contributed by atoms with van der Waals surface area (Å²) in [6.07, 6.45) is 3.29. The molecule has 3 aromatic carbocycles. The number of aryl methyl sites for hydroxylation is 2. The fourth-order valence-corrected chi connectivity index (χ4v) is 3.52. The number of hydrogen-bond donors (Lipinski definition) is 1. The van der Waals surface area contributed by atoms with Crippen molar-refractivity contribution in [3.05, 3.63) is 111 Å². The van der Waals surface area contributed by atoms with Crippen LogP contribution in [0.25, 0.3) is 0 Å². The van der Waals surface area contributed by atoms with Crippen LogP contribution < -0.4 is 4.74 Å². The number of aromatic nitrogens is 3. The van der Waals surface area contributed by atoms with E-state index >= 15 is 0 Å². The van der Waals surface area contributed by atoms with Crippen LogP contribution in [0.2, 0.25) is 5.02 Å². The van der Waals surface area contributed by atoms with E-state index in [-0.39, 0.29) is 0 Å². The van der Waals surface area contributed by atoms with Crippen molar-refractivity contribution in [3.63, 3.8) is 0 Å². The second kappa shape index (κ2) is 10.2. The van der Waals surface area contributed by atoms with Crippen molar-refractivity contribution in [2.45, 2.75) is 19.4 Å². The molecule has 0 aliphatic rings. The molecule has 0 aliphatic carbocycles. The van der Waals surface area contributed by atoms with Gasteiger partial charge in [-0.05, 0) is 53.5 Å². The summed E-state index contributed by atoms with van der Waals surface area (Å²) in [6.45, 7) is 0.461. The zero-order valence-electron chi connectivity index (χ0n) is 16.7. The van der Waals surface area contributed by atoms with Gasteiger partial charge in [0, 0.05) is 6.42 Å². The molecule has 5 nitrogen and oxygen atoms in total. The predicted octanol–water partition coefficient (Wildman–Crippen LogP) is 5.84. The maximum atomic E-state index is 6.40. The molecule has 0 atom stereocenters. The fourth-order valence-electron chi connectivity index (χ4n) is 3.08. The van der Waals surface area contributed by atoms with Gasteiger partial charge in [-0.2, -0.15) is 14.9 Å². The van der Waals surface area contributed by atoms with Gasteiger partial charge in [0.05, 0.1) is 11.2 Å². The first kappa shape index (κ1) is 21.0. The van der Waals surface area contributed by atoms with Crippen LogP contribution in [0.1, 0.15) is 22.5 Å². The molecule has 0 saturated heterocycles. The van der Waals surface area contributed by atoms with Crippen molar-refractivity contribution in [3.8, 4) is 5.75 Å². The van der Waals surface area contributed by atoms with Crippen molar-refractivity contribution in [2.75, 3.05) is 0 Å².